The number of anilines is 1. The Morgan fingerprint density at radius 3 is 2.43 bits per heavy atom. The number of alkyl halides is 1. The molecule has 0 spiro atoms. The van der Waals surface area contributed by atoms with Crippen LogP contribution in [0, 0.1) is 0 Å². The van der Waals surface area contributed by atoms with Gasteiger partial charge in [-0.15, -0.1) is 0 Å². The summed E-state index contributed by atoms with van der Waals surface area (Å²) in [4.78, 5) is 16.4. The Labute approximate surface area is 221 Å². The van der Waals surface area contributed by atoms with Crippen LogP contribution in [0.2, 0.25) is 10.0 Å². The lowest BCUT2D eigenvalue weighted by Crippen LogP contribution is -2.31. The van der Waals surface area contributed by atoms with Crippen LogP contribution < -0.4 is 5.32 Å². The monoisotopic (exact) mass is 573 g/mol. The van der Waals surface area contributed by atoms with Gasteiger partial charge in [0, 0.05) is 28.3 Å². The first kappa shape index (κ1) is 25.4. The average Bonchev–Trinajstić information content (AvgIpc) is 3.30. The summed E-state index contributed by atoms with van der Waals surface area (Å²) in [5.74, 6) is -0.281. The van der Waals surface area contributed by atoms with Gasteiger partial charge in [-0.3, -0.25) is 4.79 Å². The van der Waals surface area contributed by atoms with Gasteiger partial charge in [0.1, 0.15) is 6.10 Å². The molecule has 1 heterocycles. The van der Waals surface area contributed by atoms with Crippen molar-refractivity contribution in [3.8, 4) is 0 Å². The number of aromatic nitrogens is 2. The van der Waals surface area contributed by atoms with E-state index >= 15 is 0 Å². The number of benzene rings is 3. The fraction of sp³-hybridized carbons (Fsp3) is 0.154. The molecule has 180 valence electrons. The molecule has 0 fully saturated rings. The molecule has 4 aromatic rings. The predicted octanol–water partition coefficient (Wildman–Crippen LogP) is 5.43. The Morgan fingerprint density at radius 2 is 1.80 bits per heavy atom. The number of nitrogens with zero attached hydrogens (tertiary/aromatic N) is 2. The van der Waals surface area contributed by atoms with Gasteiger partial charge in [0.05, 0.1) is 23.5 Å². The topological polar surface area (TPSA) is 87.4 Å². The minimum atomic E-state index is -1.63. The van der Waals surface area contributed by atoms with Crippen LogP contribution in [-0.4, -0.2) is 31.0 Å². The molecule has 35 heavy (non-hydrogen) atoms. The summed E-state index contributed by atoms with van der Waals surface area (Å²) in [5, 5.41) is 27.4. The third kappa shape index (κ3) is 5.15. The van der Waals surface area contributed by atoms with Gasteiger partial charge in [-0.1, -0.05) is 69.5 Å². The van der Waals surface area contributed by atoms with E-state index in [4.69, 9.17) is 23.2 Å². The molecule has 3 N–H and O–H groups in total. The molecule has 0 saturated heterocycles. The maximum absolute atomic E-state index is 12.2. The molecule has 0 aliphatic carbocycles. The van der Waals surface area contributed by atoms with Gasteiger partial charge in [-0.05, 0) is 53.1 Å². The van der Waals surface area contributed by atoms with Crippen LogP contribution in [0.15, 0.2) is 79.3 Å². The second-order valence-corrected chi connectivity index (χ2v) is 9.48. The summed E-state index contributed by atoms with van der Waals surface area (Å²) < 4.78 is 1.72. The van der Waals surface area contributed by atoms with E-state index in [1.54, 1.807) is 90.9 Å². The summed E-state index contributed by atoms with van der Waals surface area (Å²) in [6.45, 7) is 0. The van der Waals surface area contributed by atoms with Crippen molar-refractivity contribution in [2.24, 2.45) is 7.05 Å². The van der Waals surface area contributed by atoms with Crippen molar-refractivity contribution in [1.29, 1.82) is 0 Å². The first-order valence-corrected chi connectivity index (χ1v) is 12.5. The van der Waals surface area contributed by atoms with Crippen LogP contribution in [0.4, 0.5) is 5.69 Å². The maximum Gasteiger partial charge on any atom is 0.235 e. The zero-order valence-electron chi connectivity index (χ0n) is 18.6. The number of amides is 1. The van der Waals surface area contributed by atoms with Gasteiger partial charge in [0.25, 0.3) is 0 Å². The zero-order chi connectivity index (χ0) is 25.2. The van der Waals surface area contributed by atoms with Crippen molar-refractivity contribution >= 4 is 50.7 Å². The Kier molecular flexibility index (Phi) is 7.64. The molecule has 0 aliphatic heterocycles. The standard InChI is InChI=1S/C26H22BrCl2N3O3/c1-32-15-30-14-23(32)26(35,17-5-8-19(28)9-6-17)18-7-10-22(31-24(33)13-27)21(12-18)25(34)16-3-2-4-20(29)11-16/h2-12,14-15,25,34-35H,13H2,1H3,(H,31,33). The Bertz CT molecular complexity index is 1360. The molecule has 2 unspecified atom stereocenters. The number of aliphatic hydroxyl groups is 2. The predicted molar refractivity (Wildman–Crippen MR) is 141 cm³/mol. The lowest BCUT2D eigenvalue weighted by atomic mass is 9.82. The Balaban J connectivity index is 1.93. The van der Waals surface area contributed by atoms with Crippen LogP contribution >= 0.6 is 39.1 Å². The third-order valence-corrected chi connectivity index (χ3v) is 6.77. The number of aryl methyl sites for hydroxylation is 1. The number of nitrogens with one attached hydrogen (secondary N) is 1. The summed E-state index contributed by atoms with van der Waals surface area (Å²) in [5.41, 5.74) is 1.27. The second-order valence-electron chi connectivity index (χ2n) is 8.05. The number of carbonyl (C=O) groups excluding carboxylic acids is 1. The van der Waals surface area contributed by atoms with Crippen molar-refractivity contribution in [3.05, 3.63) is 117 Å². The van der Waals surface area contributed by atoms with Gasteiger partial charge in [0.15, 0.2) is 5.60 Å². The molecule has 3 aromatic carbocycles. The molecule has 0 aliphatic rings. The molecule has 1 amide bonds. The number of rotatable bonds is 7. The number of aliphatic hydroxyl groups excluding tert-OH is 1. The minimum absolute atomic E-state index is 0.0885. The molecule has 0 saturated carbocycles. The van der Waals surface area contributed by atoms with Crippen LogP contribution in [0.1, 0.15) is 34.1 Å². The van der Waals surface area contributed by atoms with E-state index in [-0.39, 0.29) is 11.2 Å². The van der Waals surface area contributed by atoms with E-state index in [2.05, 4.69) is 26.2 Å². The van der Waals surface area contributed by atoms with Crippen molar-refractivity contribution in [3.63, 3.8) is 0 Å². The normalized spacial score (nSPS) is 13.8. The molecule has 2 atom stereocenters. The minimum Gasteiger partial charge on any atom is -0.384 e. The van der Waals surface area contributed by atoms with E-state index < -0.39 is 11.7 Å². The summed E-state index contributed by atoms with van der Waals surface area (Å²) in [7, 11) is 1.79. The van der Waals surface area contributed by atoms with E-state index in [0.29, 0.717) is 43.7 Å². The van der Waals surface area contributed by atoms with Crippen molar-refractivity contribution in [2.75, 3.05) is 10.6 Å². The van der Waals surface area contributed by atoms with E-state index in [1.807, 2.05) is 0 Å². The molecule has 0 bridgehead atoms. The summed E-state index contributed by atoms with van der Waals surface area (Å²) >= 11 is 15.4. The first-order chi connectivity index (χ1) is 16.7. The van der Waals surface area contributed by atoms with Crippen molar-refractivity contribution in [2.45, 2.75) is 11.7 Å². The lowest BCUT2D eigenvalue weighted by molar-refractivity contribution is -0.113. The average molecular weight is 575 g/mol. The molecule has 4 rings (SSSR count). The van der Waals surface area contributed by atoms with Crippen molar-refractivity contribution < 1.29 is 15.0 Å². The van der Waals surface area contributed by atoms with Crippen LogP contribution in [0.3, 0.4) is 0 Å². The molecule has 1 aromatic heterocycles. The largest absolute Gasteiger partial charge is 0.384 e. The van der Waals surface area contributed by atoms with Gasteiger partial charge < -0.3 is 20.1 Å². The van der Waals surface area contributed by atoms with Crippen LogP contribution in [0.5, 0.6) is 0 Å². The fourth-order valence-electron chi connectivity index (χ4n) is 4.03. The molecular weight excluding hydrogens is 553 g/mol. The quantitative estimate of drug-likeness (QED) is 0.257. The van der Waals surface area contributed by atoms with Gasteiger partial charge in [-0.2, -0.15) is 0 Å². The zero-order valence-corrected chi connectivity index (χ0v) is 21.7. The Morgan fingerprint density at radius 1 is 1.09 bits per heavy atom. The van der Waals surface area contributed by atoms with Crippen LogP contribution in [-0.2, 0) is 17.4 Å². The molecule has 9 heteroatoms. The smallest absolute Gasteiger partial charge is 0.235 e. The number of carbonyl (C=O) groups is 1. The van der Waals surface area contributed by atoms with E-state index in [0.717, 1.165) is 0 Å². The highest BCUT2D eigenvalue weighted by atomic mass is 79.9. The SMILES string of the molecule is Cn1cncc1C(O)(c1ccc(Cl)cc1)c1ccc(NC(=O)CBr)c(C(O)c2cccc(Cl)c2)c1. The van der Waals surface area contributed by atoms with Crippen molar-refractivity contribution in [1.82, 2.24) is 9.55 Å². The van der Waals surface area contributed by atoms with E-state index in [1.165, 1.54) is 0 Å². The third-order valence-electron chi connectivity index (χ3n) is 5.77. The highest BCUT2D eigenvalue weighted by Crippen LogP contribution is 2.40. The molecule has 0 radical (unpaired) electrons. The summed E-state index contributed by atoms with van der Waals surface area (Å²) in [6, 6.07) is 18.8. The molecule has 6 nitrogen and oxygen atoms in total. The summed E-state index contributed by atoms with van der Waals surface area (Å²) in [6.07, 6.45) is 2.06. The number of hydrogen-bond donors (Lipinski definition) is 3. The van der Waals surface area contributed by atoms with Gasteiger partial charge in [-0.25, -0.2) is 4.98 Å². The number of hydrogen-bond acceptors (Lipinski definition) is 4. The highest BCUT2D eigenvalue weighted by molar-refractivity contribution is 9.09. The van der Waals surface area contributed by atoms with Gasteiger partial charge in [0.2, 0.25) is 5.91 Å². The highest BCUT2D eigenvalue weighted by Gasteiger charge is 2.37. The number of halogens is 3. The lowest BCUT2D eigenvalue weighted by Gasteiger charge is -2.31. The number of imidazole rings is 1. The van der Waals surface area contributed by atoms with E-state index in [9.17, 15) is 15.0 Å². The van der Waals surface area contributed by atoms with Gasteiger partial charge >= 0.3 is 0 Å². The Hall–Kier alpha value is -2.68. The maximum atomic E-state index is 12.2. The second kappa shape index (κ2) is 10.5. The molecular formula is C26H22BrCl2N3O3. The fourth-order valence-corrected chi connectivity index (χ4v) is 4.49. The van der Waals surface area contributed by atoms with Crippen LogP contribution in [0.25, 0.3) is 0 Å². The first-order valence-electron chi connectivity index (χ1n) is 10.6.